The third-order valence-corrected chi connectivity index (χ3v) is 4.50. The van der Waals surface area contributed by atoms with E-state index in [0.29, 0.717) is 18.0 Å². The summed E-state index contributed by atoms with van der Waals surface area (Å²) in [7, 11) is 0. The summed E-state index contributed by atoms with van der Waals surface area (Å²) in [4.78, 5) is 60.9. The van der Waals surface area contributed by atoms with Crippen LogP contribution in [0.2, 0.25) is 0 Å². The number of rotatable bonds is 8. The van der Waals surface area contributed by atoms with Crippen LogP contribution >= 0.6 is 0 Å². The van der Waals surface area contributed by atoms with Crippen molar-refractivity contribution in [1.82, 2.24) is 15.5 Å². The molecule has 0 spiro atoms. The van der Waals surface area contributed by atoms with Crippen LogP contribution in [-0.2, 0) is 19.1 Å². The average Bonchev–Trinajstić information content (AvgIpc) is 2.89. The molecule has 0 aliphatic carbocycles. The molecule has 10 nitrogen and oxygen atoms in total. The van der Waals surface area contributed by atoms with Crippen LogP contribution in [0.5, 0.6) is 0 Å². The monoisotopic (exact) mass is 418 g/mol. The third-order valence-electron chi connectivity index (χ3n) is 4.50. The molecule has 1 saturated heterocycles. The standard InChI is InChI=1S/C20H26N4O6/c1-13(2)9-10-20(3)17(27)24(19(29)23-20)11-16(26)30-12-15(25)22-18(28)21-14-7-5-4-6-8-14/h4-8,13H,9-12H2,1-3H3,(H,23,29)(H2,21,22,25,28)/t20-/m0/s1. The number of carbonyl (C=O) groups is 5. The second-order valence-corrected chi connectivity index (χ2v) is 7.62. The molecule has 0 unspecified atom stereocenters. The Labute approximate surface area is 174 Å². The summed E-state index contributed by atoms with van der Waals surface area (Å²) in [5.74, 6) is -1.96. The molecule has 3 N–H and O–H groups in total. The first-order valence-electron chi connectivity index (χ1n) is 9.56. The van der Waals surface area contributed by atoms with E-state index in [1.165, 1.54) is 0 Å². The first-order chi connectivity index (χ1) is 14.1. The Morgan fingerprint density at radius 3 is 2.47 bits per heavy atom. The van der Waals surface area contributed by atoms with E-state index in [9.17, 15) is 24.0 Å². The number of amides is 6. The zero-order chi connectivity index (χ0) is 22.3. The van der Waals surface area contributed by atoms with Crippen molar-refractivity contribution in [3.05, 3.63) is 30.3 Å². The molecule has 1 aromatic rings. The molecule has 0 radical (unpaired) electrons. The summed E-state index contributed by atoms with van der Waals surface area (Å²) in [6.45, 7) is 4.27. The van der Waals surface area contributed by atoms with Crippen molar-refractivity contribution in [3.63, 3.8) is 0 Å². The molecule has 0 saturated carbocycles. The highest BCUT2D eigenvalue weighted by Crippen LogP contribution is 2.24. The van der Waals surface area contributed by atoms with Crippen LogP contribution in [0.15, 0.2) is 30.3 Å². The minimum Gasteiger partial charge on any atom is -0.454 e. The van der Waals surface area contributed by atoms with Gasteiger partial charge in [-0.15, -0.1) is 0 Å². The van der Waals surface area contributed by atoms with Gasteiger partial charge in [0.15, 0.2) is 6.61 Å². The van der Waals surface area contributed by atoms with Crippen LogP contribution in [0.4, 0.5) is 15.3 Å². The van der Waals surface area contributed by atoms with Crippen LogP contribution in [-0.4, -0.2) is 53.4 Å². The second kappa shape index (κ2) is 9.86. The van der Waals surface area contributed by atoms with Crippen molar-refractivity contribution in [3.8, 4) is 0 Å². The minimum atomic E-state index is -1.07. The van der Waals surface area contributed by atoms with Crippen LogP contribution in [0.3, 0.4) is 0 Å². The molecule has 10 heteroatoms. The fraction of sp³-hybridized carbons (Fsp3) is 0.450. The van der Waals surface area contributed by atoms with Gasteiger partial charge in [0.25, 0.3) is 11.8 Å². The Morgan fingerprint density at radius 1 is 1.17 bits per heavy atom. The first kappa shape index (κ1) is 22.9. The van der Waals surface area contributed by atoms with E-state index in [1.807, 2.05) is 19.2 Å². The van der Waals surface area contributed by atoms with Crippen molar-refractivity contribution in [2.75, 3.05) is 18.5 Å². The average molecular weight is 418 g/mol. The smallest absolute Gasteiger partial charge is 0.326 e. The van der Waals surface area contributed by atoms with E-state index in [0.717, 1.165) is 11.3 Å². The van der Waals surface area contributed by atoms with Crippen LogP contribution in [0.25, 0.3) is 0 Å². The number of hydrogen-bond acceptors (Lipinski definition) is 6. The molecule has 0 bridgehead atoms. The molecule has 6 amide bonds. The van der Waals surface area contributed by atoms with E-state index in [4.69, 9.17) is 4.74 Å². The number of esters is 1. The summed E-state index contributed by atoms with van der Waals surface area (Å²) >= 11 is 0. The zero-order valence-corrected chi connectivity index (χ0v) is 17.2. The predicted octanol–water partition coefficient (Wildman–Crippen LogP) is 1.62. The molecule has 1 aliphatic rings. The van der Waals surface area contributed by atoms with Crippen molar-refractivity contribution in [2.24, 2.45) is 5.92 Å². The lowest BCUT2D eigenvalue weighted by Crippen LogP contribution is -2.44. The predicted molar refractivity (Wildman–Crippen MR) is 107 cm³/mol. The van der Waals surface area contributed by atoms with E-state index in [1.54, 1.807) is 37.3 Å². The number of benzene rings is 1. The van der Waals surface area contributed by atoms with Crippen molar-refractivity contribution in [1.29, 1.82) is 0 Å². The van der Waals surface area contributed by atoms with Gasteiger partial charge in [0.05, 0.1) is 0 Å². The SMILES string of the molecule is CC(C)CC[C@]1(C)NC(=O)N(CC(=O)OCC(=O)NC(=O)Nc2ccccc2)C1=O. The number of urea groups is 2. The lowest BCUT2D eigenvalue weighted by atomic mass is 9.92. The first-order valence-corrected chi connectivity index (χ1v) is 9.56. The van der Waals surface area contributed by atoms with Gasteiger partial charge in [-0.1, -0.05) is 32.0 Å². The molecule has 1 fully saturated rings. The van der Waals surface area contributed by atoms with Crippen molar-refractivity contribution >= 4 is 35.5 Å². The van der Waals surface area contributed by atoms with Gasteiger partial charge < -0.3 is 15.4 Å². The van der Waals surface area contributed by atoms with Crippen molar-refractivity contribution in [2.45, 2.75) is 39.2 Å². The lowest BCUT2D eigenvalue weighted by Gasteiger charge is -2.22. The Morgan fingerprint density at radius 2 is 1.83 bits per heavy atom. The quantitative estimate of drug-likeness (QED) is 0.434. The van der Waals surface area contributed by atoms with Gasteiger partial charge >= 0.3 is 18.0 Å². The number of anilines is 1. The molecule has 162 valence electrons. The van der Waals surface area contributed by atoms with E-state index >= 15 is 0 Å². The molecule has 1 heterocycles. The molecular weight excluding hydrogens is 392 g/mol. The number of nitrogens with one attached hydrogen (secondary N) is 3. The summed E-state index contributed by atoms with van der Waals surface area (Å²) in [5, 5.41) is 7.05. The molecule has 0 aromatic heterocycles. The maximum absolute atomic E-state index is 12.5. The van der Waals surface area contributed by atoms with Crippen molar-refractivity contribution < 1.29 is 28.7 Å². The van der Waals surface area contributed by atoms with Gasteiger partial charge in [0, 0.05) is 5.69 Å². The number of carbonyl (C=O) groups excluding carboxylic acids is 5. The number of nitrogens with zero attached hydrogens (tertiary/aromatic N) is 1. The van der Waals surface area contributed by atoms with E-state index in [2.05, 4.69) is 10.6 Å². The fourth-order valence-electron chi connectivity index (χ4n) is 2.80. The Kier molecular flexibility index (Phi) is 7.51. The van der Waals surface area contributed by atoms with Gasteiger partial charge in [-0.2, -0.15) is 0 Å². The summed E-state index contributed by atoms with van der Waals surface area (Å²) in [6.07, 6.45) is 1.17. The molecule has 30 heavy (non-hydrogen) atoms. The van der Waals surface area contributed by atoms with Gasteiger partial charge in [0.1, 0.15) is 12.1 Å². The zero-order valence-electron chi connectivity index (χ0n) is 17.2. The number of ether oxygens (including phenoxy) is 1. The highest BCUT2D eigenvalue weighted by molar-refractivity contribution is 6.08. The van der Waals surface area contributed by atoms with E-state index < -0.39 is 48.5 Å². The molecule has 2 rings (SSSR count). The molecular formula is C20H26N4O6. The Bertz CT molecular complexity index is 826. The largest absolute Gasteiger partial charge is 0.454 e. The maximum Gasteiger partial charge on any atom is 0.326 e. The van der Waals surface area contributed by atoms with Gasteiger partial charge in [-0.05, 0) is 37.8 Å². The highest BCUT2D eigenvalue weighted by Gasteiger charge is 2.48. The van der Waals surface area contributed by atoms with Crippen LogP contribution in [0.1, 0.15) is 33.6 Å². The van der Waals surface area contributed by atoms with Gasteiger partial charge in [-0.25, -0.2) is 9.59 Å². The Balaban J connectivity index is 1.78. The van der Waals surface area contributed by atoms with Gasteiger partial charge in [0.2, 0.25) is 0 Å². The van der Waals surface area contributed by atoms with E-state index in [-0.39, 0.29) is 0 Å². The fourth-order valence-corrected chi connectivity index (χ4v) is 2.80. The summed E-state index contributed by atoms with van der Waals surface area (Å²) < 4.78 is 4.78. The lowest BCUT2D eigenvalue weighted by molar-refractivity contribution is -0.150. The highest BCUT2D eigenvalue weighted by atomic mass is 16.5. The number of hydrogen-bond donors (Lipinski definition) is 3. The second-order valence-electron chi connectivity index (χ2n) is 7.62. The molecule has 1 aromatic carbocycles. The maximum atomic E-state index is 12.5. The topological polar surface area (TPSA) is 134 Å². The number of para-hydroxylation sites is 1. The summed E-state index contributed by atoms with van der Waals surface area (Å²) in [6, 6.07) is 7.00. The number of imide groups is 2. The van der Waals surface area contributed by atoms with Crippen LogP contribution < -0.4 is 16.0 Å². The Hall–Kier alpha value is -3.43. The summed E-state index contributed by atoms with van der Waals surface area (Å²) in [5.41, 5.74) is -0.590. The normalized spacial score (nSPS) is 18.2. The molecule has 1 aliphatic heterocycles. The van der Waals surface area contributed by atoms with Crippen LogP contribution in [0, 0.1) is 5.92 Å². The third kappa shape index (κ3) is 6.29. The minimum absolute atomic E-state index is 0.350. The van der Waals surface area contributed by atoms with Gasteiger partial charge in [-0.3, -0.25) is 24.6 Å². The molecule has 1 atom stereocenters.